The molecule has 0 aliphatic rings. The van der Waals surface area contributed by atoms with Gasteiger partial charge >= 0.3 is 0 Å². The number of aryl methyl sites for hydroxylation is 1. The van der Waals surface area contributed by atoms with Crippen molar-refractivity contribution >= 4 is 5.78 Å². The molecule has 0 aliphatic carbocycles. The molecule has 0 bridgehead atoms. The van der Waals surface area contributed by atoms with Crippen molar-refractivity contribution in [2.45, 2.75) is 13.8 Å². The number of carbonyl (C=O) groups excluding carboxylic acids is 1. The molecule has 0 aliphatic heterocycles. The summed E-state index contributed by atoms with van der Waals surface area (Å²) in [7, 11) is 3.60. The number of Topliss-reactive ketones (excluding diaryl/α,β-unsaturated/α-hetero) is 1. The smallest absolute Gasteiger partial charge is 0.178 e. The van der Waals surface area contributed by atoms with Crippen LogP contribution in [0.5, 0.6) is 11.5 Å². The minimum atomic E-state index is 0.107. The molecule has 0 fully saturated rings. The number of methoxy groups -OCH3 is 1. The van der Waals surface area contributed by atoms with Crippen molar-refractivity contribution in [3.05, 3.63) is 47.3 Å². The molecule has 23 heavy (non-hydrogen) atoms. The molecule has 0 saturated heterocycles. The van der Waals surface area contributed by atoms with Gasteiger partial charge in [-0.2, -0.15) is 0 Å². The topological polar surface area (TPSA) is 52.5 Å². The zero-order valence-corrected chi connectivity index (χ0v) is 14.2. The number of hydrogen-bond acceptors (Lipinski definition) is 4. The fourth-order valence-electron chi connectivity index (χ4n) is 2.35. The van der Waals surface area contributed by atoms with Gasteiger partial charge in [0, 0.05) is 30.5 Å². The van der Waals surface area contributed by atoms with Gasteiger partial charge in [-0.1, -0.05) is 0 Å². The maximum absolute atomic E-state index is 12.2. The van der Waals surface area contributed by atoms with E-state index in [-0.39, 0.29) is 5.78 Å². The molecule has 2 rings (SSSR count). The monoisotopic (exact) mass is 316 g/mol. The second-order valence-electron chi connectivity index (χ2n) is 5.47. The van der Waals surface area contributed by atoms with Gasteiger partial charge in [0.2, 0.25) is 0 Å². The van der Waals surface area contributed by atoms with Crippen LogP contribution in [0.2, 0.25) is 0 Å². The third kappa shape index (κ3) is 4.36. The van der Waals surface area contributed by atoms with Gasteiger partial charge < -0.3 is 19.4 Å². The van der Waals surface area contributed by atoms with Gasteiger partial charge in [-0.25, -0.2) is 0 Å². The van der Waals surface area contributed by atoms with E-state index in [1.807, 2.05) is 55.8 Å². The van der Waals surface area contributed by atoms with Crippen LogP contribution in [0.4, 0.5) is 0 Å². The number of nitrogens with zero attached hydrogens (tertiary/aromatic N) is 1. The molecule has 5 nitrogen and oxygen atoms in total. The van der Waals surface area contributed by atoms with Gasteiger partial charge in [0.25, 0.3) is 0 Å². The van der Waals surface area contributed by atoms with Crippen molar-refractivity contribution in [1.29, 1.82) is 0 Å². The van der Waals surface area contributed by atoms with Crippen LogP contribution < -0.4 is 14.8 Å². The molecular formula is C18H24N2O3. The Bertz CT molecular complexity index is 660. The third-order valence-electron chi connectivity index (χ3n) is 3.97. The summed E-state index contributed by atoms with van der Waals surface area (Å²) in [6, 6.07) is 9.37. The van der Waals surface area contributed by atoms with Crippen molar-refractivity contribution in [3.8, 4) is 11.5 Å². The predicted octanol–water partition coefficient (Wildman–Crippen LogP) is 2.50. The molecule has 0 saturated carbocycles. The fraction of sp³-hybridized carbons (Fsp3) is 0.389. The highest BCUT2D eigenvalue weighted by molar-refractivity contribution is 5.99. The molecule has 0 spiro atoms. The summed E-state index contributed by atoms with van der Waals surface area (Å²) >= 11 is 0. The molecule has 0 radical (unpaired) electrons. The molecule has 0 amide bonds. The van der Waals surface area contributed by atoms with Gasteiger partial charge in [-0.15, -0.1) is 0 Å². The Morgan fingerprint density at radius 2 is 1.83 bits per heavy atom. The van der Waals surface area contributed by atoms with Gasteiger partial charge in [0.05, 0.1) is 13.7 Å². The summed E-state index contributed by atoms with van der Waals surface area (Å²) < 4.78 is 12.7. The molecule has 5 heteroatoms. The molecule has 1 aromatic heterocycles. The van der Waals surface area contributed by atoms with Crippen LogP contribution in [0.25, 0.3) is 0 Å². The summed E-state index contributed by atoms with van der Waals surface area (Å²) in [5.41, 5.74) is 2.88. The Hall–Kier alpha value is -2.27. The maximum Gasteiger partial charge on any atom is 0.178 e. The quantitative estimate of drug-likeness (QED) is 0.600. The zero-order valence-electron chi connectivity index (χ0n) is 14.2. The van der Waals surface area contributed by atoms with E-state index in [1.54, 1.807) is 7.11 Å². The lowest BCUT2D eigenvalue weighted by molar-refractivity contribution is 0.0989. The molecular weight excluding hydrogens is 292 g/mol. The van der Waals surface area contributed by atoms with Crippen molar-refractivity contribution in [2.24, 2.45) is 7.05 Å². The highest BCUT2D eigenvalue weighted by Crippen LogP contribution is 2.16. The lowest BCUT2D eigenvalue weighted by Crippen LogP contribution is -2.27. The molecule has 0 unspecified atom stereocenters. The van der Waals surface area contributed by atoms with Crippen molar-refractivity contribution < 1.29 is 14.3 Å². The average Bonchev–Trinajstić information content (AvgIpc) is 2.82. The van der Waals surface area contributed by atoms with Crippen LogP contribution in [0.1, 0.15) is 21.7 Å². The largest absolute Gasteiger partial charge is 0.497 e. The van der Waals surface area contributed by atoms with Crippen molar-refractivity contribution in [1.82, 2.24) is 9.88 Å². The number of carbonyl (C=O) groups is 1. The van der Waals surface area contributed by atoms with E-state index in [2.05, 4.69) is 5.32 Å². The number of ether oxygens (including phenoxy) is 2. The number of rotatable bonds is 8. The minimum absolute atomic E-state index is 0.107. The molecule has 0 atom stereocenters. The average molecular weight is 316 g/mol. The second-order valence-corrected chi connectivity index (χ2v) is 5.47. The van der Waals surface area contributed by atoms with Crippen LogP contribution >= 0.6 is 0 Å². The van der Waals surface area contributed by atoms with Crippen LogP contribution in [-0.4, -0.2) is 37.2 Å². The zero-order chi connectivity index (χ0) is 16.8. The van der Waals surface area contributed by atoms with E-state index in [0.717, 1.165) is 28.5 Å². The van der Waals surface area contributed by atoms with E-state index in [1.165, 1.54) is 0 Å². The number of ketones is 1. The minimum Gasteiger partial charge on any atom is -0.497 e. The van der Waals surface area contributed by atoms with E-state index in [9.17, 15) is 4.79 Å². The summed E-state index contributed by atoms with van der Waals surface area (Å²) in [5, 5.41) is 3.12. The Labute approximate surface area is 137 Å². The number of nitrogens with one attached hydrogen (secondary N) is 1. The molecule has 1 aromatic carbocycles. The van der Waals surface area contributed by atoms with Gasteiger partial charge in [0.1, 0.15) is 18.1 Å². The Morgan fingerprint density at radius 1 is 1.17 bits per heavy atom. The van der Waals surface area contributed by atoms with Gasteiger partial charge in [0.15, 0.2) is 5.78 Å². The fourth-order valence-corrected chi connectivity index (χ4v) is 2.35. The summed E-state index contributed by atoms with van der Waals surface area (Å²) in [6.45, 7) is 5.40. The molecule has 124 valence electrons. The van der Waals surface area contributed by atoms with Crippen LogP contribution in [0.15, 0.2) is 30.3 Å². The van der Waals surface area contributed by atoms with Gasteiger partial charge in [-0.3, -0.25) is 4.79 Å². The van der Waals surface area contributed by atoms with Crippen LogP contribution in [-0.2, 0) is 7.05 Å². The number of benzene rings is 1. The predicted molar refractivity (Wildman–Crippen MR) is 90.6 cm³/mol. The number of aromatic nitrogens is 1. The number of hydrogen-bond donors (Lipinski definition) is 1. The standard InChI is InChI=1S/C18H24N2O3/c1-13-11-17(14(2)20(13)3)18(21)12-19-9-10-23-16-7-5-15(22-4)6-8-16/h5-8,11,19H,9-10,12H2,1-4H3. The molecule has 2 aromatic rings. The normalized spacial score (nSPS) is 10.6. The first-order valence-electron chi connectivity index (χ1n) is 7.66. The van der Waals surface area contributed by atoms with E-state index in [4.69, 9.17) is 9.47 Å². The first-order valence-corrected chi connectivity index (χ1v) is 7.66. The molecule has 1 N–H and O–H groups in total. The van der Waals surface area contributed by atoms with Crippen LogP contribution in [0.3, 0.4) is 0 Å². The Balaban J connectivity index is 1.72. The summed E-state index contributed by atoms with van der Waals surface area (Å²) in [6.07, 6.45) is 0. The van der Waals surface area contributed by atoms with E-state index < -0.39 is 0 Å². The highest BCUT2D eigenvalue weighted by Gasteiger charge is 2.13. The molecule has 1 heterocycles. The Kier molecular flexibility index (Phi) is 5.82. The lowest BCUT2D eigenvalue weighted by atomic mass is 10.1. The summed E-state index contributed by atoms with van der Waals surface area (Å²) in [4.78, 5) is 12.2. The lowest BCUT2D eigenvalue weighted by Gasteiger charge is -2.08. The van der Waals surface area contributed by atoms with E-state index >= 15 is 0 Å². The first kappa shape index (κ1) is 17.1. The third-order valence-corrected chi connectivity index (χ3v) is 3.97. The SMILES string of the molecule is COc1ccc(OCCNCC(=O)c2cc(C)n(C)c2C)cc1. The van der Waals surface area contributed by atoms with Crippen molar-refractivity contribution in [2.75, 3.05) is 26.8 Å². The van der Waals surface area contributed by atoms with Gasteiger partial charge in [-0.05, 0) is 44.2 Å². The maximum atomic E-state index is 12.2. The van der Waals surface area contributed by atoms with E-state index in [0.29, 0.717) is 19.7 Å². The summed E-state index contributed by atoms with van der Waals surface area (Å²) in [5.74, 6) is 1.69. The highest BCUT2D eigenvalue weighted by atomic mass is 16.5. The Morgan fingerprint density at radius 3 is 2.39 bits per heavy atom. The first-order chi connectivity index (χ1) is 11.0. The second kappa shape index (κ2) is 7.83. The van der Waals surface area contributed by atoms with Crippen LogP contribution in [0, 0.1) is 13.8 Å². The van der Waals surface area contributed by atoms with Crippen molar-refractivity contribution in [3.63, 3.8) is 0 Å².